The molecule has 30 heavy (non-hydrogen) atoms. The maximum absolute atomic E-state index is 11.4. The van der Waals surface area contributed by atoms with Crippen molar-refractivity contribution in [1.29, 1.82) is 0 Å². The van der Waals surface area contributed by atoms with Crippen molar-refractivity contribution in [2.45, 2.75) is 6.61 Å². The number of nitrogens with zero attached hydrogens (tertiary/aromatic N) is 3. The molecule has 0 bridgehead atoms. The van der Waals surface area contributed by atoms with Gasteiger partial charge in [0, 0.05) is 11.1 Å². The fourth-order valence-corrected chi connectivity index (χ4v) is 2.63. The Balaban J connectivity index is 1.42. The van der Waals surface area contributed by atoms with Crippen molar-refractivity contribution in [2.75, 3.05) is 14.2 Å². The highest BCUT2D eigenvalue weighted by atomic mass is 16.5. The van der Waals surface area contributed by atoms with Crippen LogP contribution in [0.15, 0.2) is 63.7 Å². The zero-order valence-electron chi connectivity index (χ0n) is 16.2. The molecule has 4 aromatic rings. The molecule has 0 N–H and O–H groups in total. The molecule has 152 valence electrons. The summed E-state index contributed by atoms with van der Waals surface area (Å²) >= 11 is 0. The van der Waals surface area contributed by atoms with Crippen LogP contribution < -0.4 is 9.47 Å². The van der Waals surface area contributed by atoms with Gasteiger partial charge in [0.2, 0.25) is 11.7 Å². The third kappa shape index (κ3) is 4.14. The zero-order valence-corrected chi connectivity index (χ0v) is 16.2. The van der Waals surface area contributed by atoms with Gasteiger partial charge in [-0.3, -0.25) is 0 Å². The van der Waals surface area contributed by atoms with Crippen LogP contribution in [0.25, 0.3) is 22.8 Å². The molecule has 0 radical (unpaired) electrons. The summed E-state index contributed by atoms with van der Waals surface area (Å²) < 4.78 is 26.0. The molecule has 0 atom stereocenters. The van der Waals surface area contributed by atoms with Gasteiger partial charge in [0.05, 0.1) is 14.2 Å². The Kier molecular flexibility index (Phi) is 5.42. The Labute approximate surface area is 171 Å². The summed E-state index contributed by atoms with van der Waals surface area (Å²) in [6.07, 6.45) is 1.23. The van der Waals surface area contributed by atoms with E-state index in [1.807, 2.05) is 36.4 Å². The van der Waals surface area contributed by atoms with Gasteiger partial charge in [0.1, 0.15) is 17.8 Å². The highest BCUT2D eigenvalue weighted by Crippen LogP contribution is 2.26. The van der Waals surface area contributed by atoms with Crippen LogP contribution in [0.3, 0.4) is 0 Å². The molecule has 2 aromatic carbocycles. The molecular formula is C21H17N3O6. The topological polar surface area (TPSA) is 110 Å². The predicted octanol–water partition coefficient (Wildman–Crippen LogP) is 3.77. The highest BCUT2D eigenvalue weighted by Gasteiger charge is 2.14. The molecule has 9 nitrogen and oxygen atoms in total. The molecular weight excluding hydrogens is 390 g/mol. The second-order valence-electron chi connectivity index (χ2n) is 6.09. The number of hydrogen-bond acceptors (Lipinski definition) is 9. The van der Waals surface area contributed by atoms with Crippen LogP contribution >= 0.6 is 0 Å². The first-order chi connectivity index (χ1) is 14.7. The van der Waals surface area contributed by atoms with Gasteiger partial charge in [0.25, 0.3) is 5.89 Å². The molecule has 9 heteroatoms. The first kappa shape index (κ1) is 19.2. The fraction of sp³-hybridized carbons (Fsp3) is 0.143. The number of hydrogen-bond donors (Lipinski definition) is 0. The monoisotopic (exact) mass is 407 g/mol. The van der Waals surface area contributed by atoms with E-state index in [9.17, 15) is 4.79 Å². The van der Waals surface area contributed by atoms with Gasteiger partial charge in [0.15, 0.2) is 12.3 Å². The van der Waals surface area contributed by atoms with E-state index < -0.39 is 5.97 Å². The number of methoxy groups -OCH3 is 2. The molecule has 0 fully saturated rings. The molecule has 0 amide bonds. The summed E-state index contributed by atoms with van der Waals surface area (Å²) in [4.78, 5) is 19.8. The number of rotatable bonds is 7. The Morgan fingerprint density at radius 3 is 2.60 bits per heavy atom. The molecule has 0 aliphatic rings. The number of oxazole rings is 1. The normalized spacial score (nSPS) is 10.6. The van der Waals surface area contributed by atoms with E-state index in [2.05, 4.69) is 19.9 Å². The molecule has 0 saturated carbocycles. The van der Waals surface area contributed by atoms with Crippen LogP contribution in [0, 0.1) is 0 Å². The van der Waals surface area contributed by atoms with E-state index >= 15 is 0 Å². The molecule has 0 aliphatic heterocycles. The summed E-state index contributed by atoms with van der Waals surface area (Å²) in [5.74, 6) is 1.85. The predicted molar refractivity (Wildman–Crippen MR) is 104 cm³/mol. The maximum Gasteiger partial charge on any atom is 0.360 e. The van der Waals surface area contributed by atoms with Crippen LogP contribution in [-0.2, 0) is 11.3 Å². The SMILES string of the molecule is COC(=O)c1coc(COc2ccc(-c3noc(-c4cccc(OC)c4)n3)cc2)n1. The third-order valence-corrected chi connectivity index (χ3v) is 4.16. The molecule has 4 rings (SSSR count). The number of ether oxygens (including phenoxy) is 3. The van der Waals surface area contributed by atoms with Gasteiger partial charge in [-0.2, -0.15) is 4.98 Å². The van der Waals surface area contributed by atoms with Gasteiger partial charge in [-0.1, -0.05) is 11.2 Å². The van der Waals surface area contributed by atoms with E-state index in [0.29, 0.717) is 23.2 Å². The van der Waals surface area contributed by atoms with Crippen LogP contribution in [-0.4, -0.2) is 35.3 Å². The lowest BCUT2D eigenvalue weighted by atomic mass is 10.2. The van der Waals surface area contributed by atoms with E-state index in [1.165, 1.54) is 13.4 Å². The molecule has 2 aromatic heterocycles. The first-order valence-corrected chi connectivity index (χ1v) is 8.90. The van der Waals surface area contributed by atoms with E-state index in [4.69, 9.17) is 18.4 Å². The minimum atomic E-state index is -0.567. The van der Waals surface area contributed by atoms with Gasteiger partial charge in [-0.25, -0.2) is 9.78 Å². The first-order valence-electron chi connectivity index (χ1n) is 8.90. The van der Waals surface area contributed by atoms with Crippen molar-refractivity contribution in [1.82, 2.24) is 15.1 Å². The second kappa shape index (κ2) is 8.48. The molecule has 2 heterocycles. The van der Waals surface area contributed by atoms with E-state index in [1.54, 1.807) is 19.2 Å². The summed E-state index contributed by atoms with van der Waals surface area (Å²) in [6, 6.07) is 14.5. The van der Waals surface area contributed by atoms with Crippen molar-refractivity contribution >= 4 is 5.97 Å². The Bertz CT molecular complexity index is 1150. The lowest BCUT2D eigenvalue weighted by Gasteiger charge is -2.03. The minimum absolute atomic E-state index is 0.0680. The van der Waals surface area contributed by atoms with Crippen molar-refractivity contribution in [3.63, 3.8) is 0 Å². The van der Waals surface area contributed by atoms with Crippen LogP contribution in [0.5, 0.6) is 11.5 Å². The summed E-state index contributed by atoms with van der Waals surface area (Å²) in [7, 11) is 2.88. The standard InChI is InChI=1S/C21H17N3O6/c1-26-16-5-3-4-14(10-16)20-23-19(24-30-20)13-6-8-15(9-7-13)28-12-18-22-17(11-29-18)21(25)27-2/h3-11H,12H2,1-2H3. The number of carbonyl (C=O) groups is 1. The molecule has 0 aliphatic carbocycles. The summed E-state index contributed by atoms with van der Waals surface area (Å²) in [5, 5.41) is 4.03. The average molecular weight is 407 g/mol. The van der Waals surface area contributed by atoms with Crippen molar-refractivity contribution in [3.05, 3.63) is 66.4 Å². The molecule has 0 spiro atoms. The Hall–Kier alpha value is -4.14. The van der Waals surface area contributed by atoms with Crippen molar-refractivity contribution in [2.24, 2.45) is 0 Å². The summed E-state index contributed by atoms with van der Waals surface area (Å²) in [6.45, 7) is 0.0680. The van der Waals surface area contributed by atoms with E-state index in [0.717, 1.165) is 11.1 Å². The fourth-order valence-electron chi connectivity index (χ4n) is 2.63. The second-order valence-corrected chi connectivity index (χ2v) is 6.09. The smallest absolute Gasteiger partial charge is 0.360 e. The number of aromatic nitrogens is 3. The van der Waals surface area contributed by atoms with Gasteiger partial charge < -0.3 is 23.2 Å². The Morgan fingerprint density at radius 1 is 1.00 bits per heavy atom. The number of benzene rings is 2. The van der Waals surface area contributed by atoms with Gasteiger partial charge in [-0.15, -0.1) is 0 Å². The third-order valence-electron chi connectivity index (χ3n) is 4.16. The Morgan fingerprint density at radius 2 is 1.83 bits per heavy atom. The van der Waals surface area contributed by atoms with Crippen LogP contribution in [0.1, 0.15) is 16.4 Å². The lowest BCUT2D eigenvalue weighted by Crippen LogP contribution is -2.02. The number of carbonyl (C=O) groups excluding carboxylic acids is 1. The van der Waals surface area contributed by atoms with Crippen molar-refractivity contribution in [3.8, 4) is 34.3 Å². The van der Waals surface area contributed by atoms with Gasteiger partial charge in [-0.05, 0) is 42.5 Å². The van der Waals surface area contributed by atoms with Crippen LogP contribution in [0.2, 0.25) is 0 Å². The summed E-state index contributed by atoms with van der Waals surface area (Å²) in [5.41, 5.74) is 1.63. The maximum atomic E-state index is 11.4. The quantitative estimate of drug-likeness (QED) is 0.423. The van der Waals surface area contributed by atoms with E-state index in [-0.39, 0.29) is 18.2 Å². The lowest BCUT2D eigenvalue weighted by molar-refractivity contribution is 0.0594. The highest BCUT2D eigenvalue weighted by molar-refractivity contribution is 5.86. The largest absolute Gasteiger partial charge is 0.497 e. The molecule has 0 saturated heterocycles. The minimum Gasteiger partial charge on any atom is -0.497 e. The number of esters is 1. The molecule has 0 unspecified atom stereocenters. The van der Waals surface area contributed by atoms with Crippen LogP contribution in [0.4, 0.5) is 0 Å². The average Bonchev–Trinajstić information content (AvgIpc) is 3.48. The zero-order chi connectivity index (χ0) is 20.9. The van der Waals surface area contributed by atoms with Crippen molar-refractivity contribution < 1.29 is 27.9 Å². The van der Waals surface area contributed by atoms with Gasteiger partial charge >= 0.3 is 5.97 Å².